The summed E-state index contributed by atoms with van der Waals surface area (Å²) < 4.78 is 56.5. The van der Waals surface area contributed by atoms with Gasteiger partial charge in [0.25, 0.3) is 0 Å². The highest BCUT2D eigenvalue weighted by molar-refractivity contribution is 7.26. The molecule has 5 nitrogen and oxygen atoms in total. The zero-order chi connectivity index (χ0) is 27.4. The summed E-state index contributed by atoms with van der Waals surface area (Å²) in [5.74, 6) is -1.09. The van der Waals surface area contributed by atoms with E-state index in [-0.39, 0.29) is 12.4 Å². The Hall–Kier alpha value is -4.11. The molecule has 0 amide bonds. The van der Waals surface area contributed by atoms with Crippen molar-refractivity contribution in [1.29, 1.82) is 0 Å². The number of carbonyl (C=O) groups is 2. The van der Waals surface area contributed by atoms with Gasteiger partial charge in [-0.1, -0.05) is 43.5 Å². The number of benzene rings is 3. The first kappa shape index (κ1) is 26.9. The summed E-state index contributed by atoms with van der Waals surface area (Å²) in [6.45, 7) is 8.71. The van der Waals surface area contributed by atoms with Gasteiger partial charge < -0.3 is 14.2 Å². The predicted molar refractivity (Wildman–Crippen MR) is 141 cm³/mol. The molecule has 0 N–H and O–H groups in total. The average Bonchev–Trinajstić information content (AvgIpc) is 3.28. The molecule has 0 aliphatic heterocycles. The topological polar surface area (TPSA) is 61.8 Å². The molecule has 9 heteroatoms. The van der Waals surface area contributed by atoms with E-state index in [4.69, 9.17) is 9.47 Å². The van der Waals surface area contributed by atoms with Crippen LogP contribution in [0.4, 0.5) is 13.2 Å². The van der Waals surface area contributed by atoms with Crippen molar-refractivity contribution in [2.24, 2.45) is 0 Å². The van der Waals surface area contributed by atoms with E-state index >= 15 is 0 Å². The maximum atomic E-state index is 13.5. The van der Waals surface area contributed by atoms with Gasteiger partial charge in [0, 0.05) is 38.8 Å². The summed E-state index contributed by atoms with van der Waals surface area (Å²) in [7, 11) is 0. The van der Waals surface area contributed by atoms with E-state index in [2.05, 4.69) is 17.9 Å². The van der Waals surface area contributed by atoms with E-state index in [1.54, 1.807) is 43.3 Å². The van der Waals surface area contributed by atoms with Crippen molar-refractivity contribution >= 4 is 43.4 Å². The molecule has 4 rings (SSSR count). The van der Waals surface area contributed by atoms with Gasteiger partial charge in [-0.3, -0.25) is 0 Å². The first-order valence-corrected chi connectivity index (χ1v) is 12.4. The Labute approximate surface area is 220 Å². The fourth-order valence-electron chi connectivity index (χ4n) is 4.06. The Balaban J connectivity index is 1.73. The highest BCUT2D eigenvalue weighted by Gasteiger charge is 2.34. The number of hydrogen-bond acceptors (Lipinski definition) is 6. The molecule has 0 radical (unpaired) electrons. The molecule has 0 fully saturated rings. The van der Waals surface area contributed by atoms with E-state index in [0.717, 1.165) is 34.4 Å². The largest absolute Gasteiger partial charge is 0.573 e. The van der Waals surface area contributed by atoms with E-state index < -0.39 is 18.3 Å². The Morgan fingerprint density at radius 2 is 1.58 bits per heavy atom. The minimum absolute atomic E-state index is 0.243. The van der Waals surface area contributed by atoms with Crippen LogP contribution in [0.3, 0.4) is 0 Å². The molecule has 1 heterocycles. The predicted octanol–water partition coefficient (Wildman–Crippen LogP) is 7.68. The quantitative estimate of drug-likeness (QED) is 0.0943. The minimum Gasteiger partial charge on any atom is -0.463 e. The van der Waals surface area contributed by atoms with Crippen LogP contribution in [0.1, 0.15) is 17.5 Å². The Bertz CT molecular complexity index is 1530. The van der Waals surface area contributed by atoms with Gasteiger partial charge in [-0.2, -0.15) is 0 Å². The standard InChI is InChI=1S/C29H23F3O5S/c1-4-24(33)35-16-6-7-18-8-10-19(11-9-18)20-12-13-22-21-14-15-23(36-25(34)5-2)17(3)27(21)38-28(22)26(20)37-29(30,31)32/h4-5,8-15H,1-2,6-7,16H2,3H3. The number of hydrogen-bond donors (Lipinski definition) is 0. The van der Waals surface area contributed by atoms with Crippen LogP contribution in [-0.2, 0) is 20.7 Å². The average molecular weight is 541 g/mol. The van der Waals surface area contributed by atoms with Gasteiger partial charge >= 0.3 is 18.3 Å². The molecule has 0 aliphatic rings. The number of aryl methyl sites for hydroxylation is 2. The zero-order valence-electron chi connectivity index (χ0n) is 20.4. The number of carbonyl (C=O) groups excluding carboxylic acids is 2. The lowest BCUT2D eigenvalue weighted by Crippen LogP contribution is -2.17. The van der Waals surface area contributed by atoms with Crippen LogP contribution in [0.25, 0.3) is 31.3 Å². The molecule has 4 aromatic rings. The summed E-state index contributed by atoms with van der Waals surface area (Å²) in [4.78, 5) is 22.8. The molecule has 0 atom stereocenters. The lowest BCUT2D eigenvalue weighted by atomic mass is 9.99. The maximum Gasteiger partial charge on any atom is 0.573 e. The number of thiophene rings is 1. The van der Waals surface area contributed by atoms with Gasteiger partial charge in [0.1, 0.15) is 5.75 Å². The third-order valence-corrected chi connectivity index (χ3v) is 7.18. The van der Waals surface area contributed by atoms with Crippen molar-refractivity contribution in [3.05, 3.63) is 85.0 Å². The summed E-state index contributed by atoms with van der Waals surface area (Å²) in [6, 6.07) is 13.8. The summed E-state index contributed by atoms with van der Waals surface area (Å²) in [5.41, 5.74) is 2.43. The van der Waals surface area contributed by atoms with Crippen molar-refractivity contribution in [3.8, 4) is 22.6 Å². The molecular weight excluding hydrogens is 517 g/mol. The second-order valence-corrected chi connectivity index (χ2v) is 9.35. The molecule has 1 aromatic heterocycles. The van der Waals surface area contributed by atoms with Crippen LogP contribution >= 0.6 is 11.3 Å². The van der Waals surface area contributed by atoms with Gasteiger partial charge in [-0.05, 0) is 49.1 Å². The first-order valence-electron chi connectivity index (χ1n) is 11.6. The molecule has 196 valence electrons. The Morgan fingerprint density at radius 3 is 2.24 bits per heavy atom. The van der Waals surface area contributed by atoms with Crippen LogP contribution in [-0.4, -0.2) is 24.9 Å². The van der Waals surface area contributed by atoms with Gasteiger partial charge in [0.2, 0.25) is 0 Å². The van der Waals surface area contributed by atoms with E-state index in [1.807, 2.05) is 12.1 Å². The summed E-state index contributed by atoms with van der Waals surface area (Å²) in [5, 5.41) is 1.33. The highest BCUT2D eigenvalue weighted by atomic mass is 32.1. The number of rotatable bonds is 9. The van der Waals surface area contributed by atoms with Gasteiger partial charge in [0.05, 0.1) is 11.3 Å². The Kier molecular flexibility index (Phi) is 7.87. The smallest absolute Gasteiger partial charge is 0.463 e. The van der Waals surface area contributed by atoms with Crippen molar-refractivity contribution in [1.82, 2.24) is 0 Å². The number of ether oxygens (including phenoxy) is 3. The maximum absolute atomic E-state index is 13.5. The van der Waals surface area contributed by atoms with Gasteiger partial charge in [-0.15, -0.1) is 24.5 Å². The van der Waals surface area contributed by atoms with E-state index in [0.29, 0.717) is 50.1 Å². The lowest BCUT2D eigenvalue weighted by Gasteiger charge is -2.15. The second-order valence-electron chi connectivity index (χ2n) is 8.33. The lowest BCUT2D eigenvalue weighted by molar-refractivity contribution is -0.273. The molecule has 38 heavy (non-hydrogen) atoms. The van der Waals surface area contributed by atoms with Crippen molar-refractivity contribution in [2.45, 2.75) is 26.1 Å². The number of halogens is 3. The summed E-state index contributed by atoms with van der Waals surface area (Å²) >= 11 is 1.14. The molecule has 0 spiro atoms. The number of alkyl halides is 3. The van der Waals surface area contributed by atoms with Gasteiger partial charge in [-0.25, -0.2) is 9.59 Å². The van der Waals surface area contributed by atoms with E-state index in [1.165, 1.54) is 0 Å². The van der Waals surface area contributed by atoms with Crippen LogP contribution in [0.2, 0.25) is 0 Å². The third-order valence-electron chi connectivity index (χ3n) is 5.84. The first-order chi connectivity index (χ1) is 18.1. The van der Waals surface area contributed by atoms with E-state index in [9.17, 15) is 22.8 Å². The van der Waals surface area contributed by atoms with Crippen molar-refractivity contribution in [2.75, 3.05) is 6.61 Å². The number of fused-ring (bicyclic) bond motifs is 3. The fourth-order valence-corrected chi connectivity index (χ4v) is 5.34. The second kappa shape index (κ2) is 11.1. The van der Waals surface area contributed by atoms with Crippen LogP contribution in [0, 0.1) is 6.92 Å². The van der Waals surface area contributed by atoms with Crippen LogP contribution in [0.5, 0.6) is 11.5 Å². The fraction of sp³-hybridized carbons (Fsp3) is 0.172. The molecule has 0 saturated carbocycles. The molecule has 0 saturated heterocycles. The van der Waals surface area contributed by atoms with Crippen LogP contribution < -0.4 is 9.47 Å². The molecule has 0 aliphatic carbocycles. The highest BCUT2D eigenvalue weighted by Crippen LogP contribution is 2.48. The Morgan fingerprint density at radius 1 is 0.921 bits per heavy atom. The third kappa shape index (κ3) is 5.89. The van der Waals surface area contributed by atoms with Gasteiger partial charge in [0.15, 0.2) is 5.75 Å². The monoisotopic (exact) mass is 540 g/mol. The number of esters is 2. The molecule has 0 unspecified atom stereocenters. The van der Waals surface area contributed by atoms with Crippen LogP contribution in [0.15, 0.2) is 73.8 Å². The van der Waals surface area contributed by atoms with Crippen molar-refractivity contribution in [3.63, 3.8) is 0 Å². The SMILES string of the molecule is C=CC(=O)OCCCc1ccc(-c2ccc3c(sc4c(C)c(OC(=O)C=C)ccc43)c2OC(F)(F)F)cc1. The molecule has 0 bridgehead atoms. The molecule has 3 aromatic carbocycles. The molecular formula is C29H23F3O5S. The zero-order valence-corrected chi connectivity index (χ0v) is 21.2. The normalized spacial score (nSPS) is 11.4. The summed E-state index contributed by atoms with van der Waals surface area (Å²) in [6.07, 6.45) is -1.54. The minimum atomic E-state index is -4.90. The van der Waals surface area contributed by atoms with Crippen molar-refractivity contribution < 1.29 is 37.0 Å².